The molecule has 1 aromatic carbocycles. The first kappa shape index (κ1) is 11.0. The molecule has 16 heavy (non-hydrogen) atoms. The van der Waals surface area contributed by atoms with Gasteiger partial charge in [-0.05, 0) is 30.7 Å². The van der Waals surface area contributed by atoms with E-state index in [4.69, 9.17) is 5.73 Å². The molecule has 0 aliphatic rings. The van der Waals surface area contributed by atoms with E-state index in [1.165, 1.54) is 10.9 Å². The standard InChI is InChI=1S/C13H17N3/c1-10(8-14)16-9-11-4-5-13-12(7-11)3-2-6-15-13/h2-7,10,16H,8-9,14H2,1H3/t10-/m0/s1. The third kappa shape index (κ3) is 2.56. The van der Waals surface area contributed by atoms with Crippen LogP contribution >= 0.6 is 0 Å². The SMILES string of the molecule is C[C@@H](CN)NCc1ccc2ncccc2c1. The number of rotatable bonds is 4. The van der Waals surface area contributed by atoms with Crippen LogP contribution in [0.4, 0.5) is 0 Å². The van der Waals surface area contributed by atoms with E-state index in [9.17, 15) is 0 Å². The number of nitrogens with two attached hydrogens (primary N) is 1. The number of pyridine rings is 1. The van der Waals surface area contributed by atoms with Gasteiger partial charge in [-0.1, -0.05) is 12.1 Å². The zero-order valence-electron chi connectivity index (χ0n) is 9.48. The fraction of sp³-hybridized carbons (Fsp3) is 0.308. The van der Waals surface area contributed by atoms with Gasteiger partial charge in [0.05, 0.1) is 5.52 Å². The number of hydrogen-bond donors (Lipinski definition) is 2. The Bertz CT molecular complexity index is 467. The van der Waals surface area contributed by atoms with Crippen molar-refractivity contribution in [3.05, 3.63) is 42.1 Å². The van der Waals surface area contributed by atoms with Crippen molar-refractivity contribution < 1.29 is 0 Å². The van der Waals surface area contributed by atoms with E-state index in [0.29, 0.717) is 12.6 Å². The molecule has 3 heteroatoms. The second kappa shape index (κ2) is 5.05. The molecule has 84 valence electrons. The van der Waals surface area contributed by atoms with Crippen molar-refractivity contribution in [3.63, 3.8) is 0 Å². The van der Waals surface area contributed by atoms with Gasteiger partial charge < -0.3 is 11.1 Å². The predicted octanol–water partition coefficient (Wildman–Crippen LogP) is 1.67. The van der Waals surface area contributed by atoms with Crippen molar-refractivity contribution in [2.24, 2.45) is 5.73 Å². The lowest BCUT2D eigenvalue weighted by molar-refractivity contribution is 0.556. The van der Waals surface area contributed by atoms with E-state index < -0.39 is 0 Å². The summed E-state index contributed by atoms with van der Waals surface area (Å²) in [6.45, 7) is 3.60. The van der Waals surface area contributed by atoms with Crippen LogP contribution in [0, 0.1) is 0 Å². The maximum absolute atomic E-state index is 5.55. The zero-order valence-corrected chi connectivity index (χ0v) is 9.48. The van der Waals surface area contributed by atoms with Crippen molar-refractivity contribution in [3.8, 4) is 0 Å². The molecule has 0 radical (unpaired) electrons. The van der Waals surface area contributed by atoms with E-state index in [0.717, 1.165) is 12.1 Å². The first-order valence-corrected chi connectivity index (χ1v) is 5.56. The topological polar surface area (TPSA) is 50.9 Å². The molecule has 2 aromatic rings. The van der Waals surface area contributed by atoms with Gasteiger partial charge in [-0.25, -0.2) is 0 Å². The van der Waals surface area contributed by atoms with E-state index >= 15 is 0 Å². The molecule has 1 heterocycles. The molecule has 0 unspecified atom stereocenters. The number of fused-ring (bicyclic) bond motifs is 1. The highest BCUT2D eigenvalue weighted by atomic mass is 14.9. The predicted molar refractivity (Wildman–Crippen MR) is 67.1 cm³/mol. The summed E-state index contributed by atoms with van der Waals surface area (Å²) in [5, 5.41) is 4.55. The molecule has 0 aliphatic heterocycles. The Morgan fingerprint density at radius 3 is 3.06 bits per heavy atom. The van der Waals surface area contributed by atoms with Crippen LogP contribution in [0.1, 0.15) is 12.5 Å². The molecule has 0 spiro atoms. The molecule has 0 amide bonds. The van der Waals surface area contributed by atoms with Crippen LogP contribution in [-0.4, -0.2) is 17.6 Å². The minimum absolute atomic E-state index is 0.351. The van der Waals surface area contributed by atoms with Crippen LogP contribution in [-0.2, 0) is 6.54 Å². The smallest absolute Gasteiger partial charge is 0.0702 e. The maximum atomic E-state index is 5.55. The number of nitrogens with zero attached hydrogens (tertiary/aromatic N) is 1. The van der Waals surface area contributed by atoms with E-state index in [2.05, 4.69) is 41.5 Å². The Morgan fingerprint density at radius 2 is 2.25 bits per heavy atom. The van der Waals surface area contributed by atoms with Gasteiger partial charge in [-0.3, -0.25) is 4.98 Å². The highest BCUT2D eigenvalue weighted by molar-refractivity contribution is 5.78. The van der Waals surface area contributed by atoms with Crippen molar-refractivity contribution in [1.29, 1.82) is 0 Å². The van der Waals surface area contributed by atoms with Crippen LogP contribution < -0.4 is 11.1 Å². The molecule has 1 atom stereocenters. The van der Waals surface area contributed by atoms with Gasteiger partial charge in [0.2, 0.25) is 0 Å². The van der Waals surface area contributed by atoms with Gasteiger partial charge >= 0.3 is 0 Å². The molecule has 3 nitrogen and oxygen atoms in total. The number of nitrogens with one attached hydrogen (secondary N) is 1. The minimum Gasteiger partial charge on any atom is -0.329 e. The van der Waals surface area contributed by atoms with Crippen molar-refractivity contribution >= 4 is 10.9 Å². The van der Waals surface area contributed by atoms with Gasteiger partial charge in [0.25, 0.3) is 0 Å². The average molecular weight is 215 g/mol. The quantitative estimate of drug-likeness (QED) is 0.815. The van der Waals surface area contributed by atoms with Gasteiger partial charge in [0, 0.05) is 30.7 Å². The first-order chi connectivity index (χ1) is 7.79. The Morgan fingerprint density at radius 1 is 1.38 bits per heavy atom. The second-order valence-electron chi connectivity index (χ2n) is 4.05. The minimum atomic E-state index is 0.351. The molecule has 0 saturated heterocycles. The summed E-state index contributed by atoms with van der Waals surface area (Å²) in [6.07, 6.45) is 1.82. The van der Waals surface area contributed by atoms with Gasteiger partial charge in [0.1, 0.15) is 0 Å². The second-order valence-corrected chi connectivity index (χ2v) is 4.05. The number of benzene rings is 1. The van der Waals surface area contributed by atoms with Crippen LogP contribution in [0.15, 0.2) is 36.5 Å². The Kier molecular flexibility index (Phi) is 3.49. The molecular formula is C13H17N3. The van der Waals surface area contributed by atoms with Crippen LogP contribution in [0.3, 0.4) is 0 Å². The van der Waals surface area contributed by atoms with Crippen LogP contribution in [0.25, 0.3) is 10.9 Å². The molecule has 0 fully saturated rings. The largest absolute Gasteiger partial charge is 0.329 e. The monoisotopic (exact) mass is 215 g/mol. The molecule has 0 saturated carbocycles. The summed E-state index contributed by atoms with van der Waals surface area (Å²) in [5.74, 6) is 0. The first-order valence-electron chi connectivity index (χ1n) is 5.56. The van der Waals surface area contributed by atoms with Crippen molar-refractivity contribution in [1.82, 2.24) is 10.3 Å². The highest BCUT2D eigenvalue weighted by Crippen LogP contribution is 2.13. The Hall–Kier alpha value is -1.45. The Labute approximate surface area is 95.7 Å². The van der Waals surface area contributed by atoms with Gasteiger partial charge in [-0.15, -0.1) is 0 Å². The average Bonchev–Trinajstić information content (AvgIpc) is 2.35. The normalized spacial score (nSPS) is 12.9. The third-order valence-electron chi connectivity index (χ3n) is 2.68. The molecule has 3 N–H and O–H groups in total. The van der Waals surface area contributed by atoms with E-state index in [1.807, 2.05) is 12.3 Å². The zero-order chi connectivity index (χ0) is 11.4. The van der Waals surface area contributed by atoms with E-state index in [-0.39, 0.29) is 0 Å². The summed E-state index contributed by atoms with van der Waals surface area (Å²) in [6, 6.07) is 10.7. The summed E-state index contributed by atoms with van der Waals surface area (Å²) in [4.78, 5) is 4.29. The number of hydrogen-bond acceptors (Lipinski definition) is 3. The highest BCUT2D eigenvalue weighted by Gasteiger charge is 2.00. The molecular weight excluding hydrogens is 198 g/mol. The summed E-state index contributed by atoms with van der Waals surface area (Å²) < 4.78 is 0. The fourth-order valence-corrected chi connectivity index (χ4v) is 1.61. The van der Waals surface area contributed by atoms with Crippen LogP contribution in [0.5, 0.6) is 0 Å². The maximum Gasteiger partial charge on any atom is 0.0702 e. The third-order valence-corrected chi connectivity index (χ3v) is 2.68. The Balaban J connectivity index is 2.13. The van der Waals surface area contributed by atoms with Gasteiger partial charge in [0.15, 0.2) is 0 Å². The van der Waals surface area contributed by atoms with Crippen molar-refractivity contribution in [2.75, 3.05) is 6.54 Å². The fourth-order valence-electron chi connectivity index (χ4n) is 1.61. The lowest BCUT2D eigenvalue weighted by Crippen LogP contribution is -2.32. The number of aromatic nitrogens is 1. The van der Waals surface area contributed by atoms with E-state index in [1.54, 1.807) is 0 Å². The molecule has 2 rings (SSSR count). The summed E-state index contributed by atoms with van der Waals surface area (Å²) in [7, 11) is 0. The lowest BCUT2D eigenvalue weighted by atomic mass is 10.1. The van der Waals surface area contributed by atoms with Crippen molar-refractivity contribution in [2.45, 2.75) is 19.5 Å². The molecule has 0 bridgehead atoms. The van der Waals surface area contributed by atoms with Gasteiger partial charge in [-0.2, -0.15) is 0 Å². The summed E-state index contributed by atoms with van der Waals surface area (Å²) in [5.41, 5.74) is 7.86. The summed E-state index contributed by atoms with van der Waals surface area (Å²) >= 11 is 0. The lowest BCUT2D eigenvalue weighted by Gasteiger charge is -2.11. The molecule has 0 aliphatic carbocycles. The van der Waals surface area contributed by atoms with Crippen LogP contribution in [0.2, 0.25) is 0 Å². The molecule has 1 aromatic heterocycles.